The van der Waals surface area contributed by atoms with Crippen LogP contribution < -0.4 is 4.74 Å². The van der Waals surface area contributed by atoms with Crippen molar-refractivity contribution in [2.24, 2.45) is 0 Å². The molecule has 0 spiro atoms. The minimum atomic E-state index is -0.419. The zero-order valence-corrected chi connectivity index (χ0v) is 11.3. The summed E-state index contributed by atoms with van der Waals surface area (Å²) in [5.41, 5.74) is 2.18. The molecule has 100 valence electrons. The topological polar surface area (TPSA) is 35.5 Å². The SMILES string of the molecule is C=C/C=C(\C=C)COC(=O)c1cc(C)ccc1OC. The maximum absolute atomic E-state index is 12.0. The molecule has 0 radical (unpaired) electrons. The molecular formula is C16H18O3. The molecule has 0 unspecified atom stereocenters. The van der Waals surface area contributed by atoms with Crippen molar-refractivity contribution in [3.05, 3.63) is 66.3 Å². The maximum atomic E-state index is 12.0. The average Bonchev–Trinajstić information content (AvgIpc) is 2.43. The summed E-state index contributed by atoms with van der Waals surface area (Å²) in [7, 11) is 1.52. The van der Waals surface area contributed by atoms with Gasteiger partial charge in [-0.15, -0.1) is 0 Å². The third-order valence-corrected chi connectivity index (χ3v) is 2.54. The zero-order valence-electron chi connectivity index (χ0n) is 11.3. The van der Waals surface area contributed by atoms with Gasteiger partial charge in [-0.25, -0.2) is 4.79 Å². The minimum absolute atomic E-state index is 0.158. The Labute approximate surface area is 113 Å². The molecule has 19 heavy (non-hydrogen) atoms. The second-order valence-electron chi connectivity index (χ2n) is 3.96. The lowest BCUT2D eigenvalue weighted by atomic mass is 10.1. The Balaban J connectivity index is 2.83. The first-order valence-corrected chi connectivity index (χ1v) is 5.88. The van der Waals surface area contributed by atoms with Crippen LogP contribution in [0.5, 0.6) is 5.75 Å². The molecule has 1 aromatic rings. The highest BCUT2D eigenvalue weighted by molar-refractivity contribution is 5.92. The van der Waals surface area contributed by atoms with Crippen LogP contribution in [0.3, 0.4) is 0 Å². The zero-order chi connectivity index (χ0) is 14.3. The second-order valence-corrected chi connectivity index (χ2v) is 3.96. The van der Waals surface area contributed by atoms with E-state index >= 15 is 0 Å². The first-order valence-electron chi connectivity index (χ1n) is 5.88. The number of aryl methyl sites for hydroxylation is 1. The summed E-state index contributed by atoms with van der Waals surface area (Å²) in [6.45, 7) is 9.30. The number of carbonyl (C=O) groups is 1. The summed E-state index contributed by atoms with van der Waals surface area (Å²) in [5, 5.41) is 0. The molecule has 0 aliphatic heterocycles. The third-order valence-electron chi connectivity index (χ3n) is 2.54. The van der Waals surface area contributed by atoms with Crippen molar-refractivity contribution >= 4 is 5.97 Å². The molecule has 0 saturated carbocycles. The summed E-state index contributed by atoms with van der Waals surface area (Å²) >= 11 is 0. The highest BCUT2D eigenvalue weighted by atomic mass is 16.5. The fraction of sp³-hybridized carbons (Fsp3) is 0.188. The van der Waals surface area contributed by atoms with Gasteiger partial charge in [-0.3, -0.25) is 0 Å². The molecule has 0 aliphatic carbocycles. The van der Waals surface area contributed by atoms with E-state index in [2.05, 4.69) is 13.2 Å². The minimum Gasteiger partial charge on any atom is -0.496 e. The maximum Gasteiger partial charge on any atom is 0.342 e. The normalized spacial score (nSPS) is 10.7. The molecule has 0 atom stereocenters. The van der Waals surface area contributed by atoms with Crippen molar-refractivity contribution in [2.45, 2.75) is 6.92 Å². The van der Waals surface area contributed by atoms with Crippen molar-refractivity contribution in [2.75, 3.05) is 13.7 Å². The number of carbonyl (C=O) groups excluding carboxylic acids is 1. The molecule has 0 aromatic heterocycles. The predicted octanol–water partition coefficient (Wildman–Crippen LogP) is 3.46. The van der Waals surface area contributed by atoms with E-state index in [1.807, 2.05) is 13.0 Å². The van der Waals surface area contributed by atoms with Crippen LogP contribution in [-0.2, 0) is 4.74 Å². The summed E-state index contributed by atoms with van der Waals surface area (Å²) in [6.07, 6.45) is 4.99. The van der Waals surface area contributed by atoms with E-state index in [-0.39, 0.29) is 6.61 Å². The van der Waals surface area contributed by atoms with Gasteiger partial charge in [0.2, 0.25) is 0 Å². The lowest BCUT2D eigenvalue weighted by Crippen LogP contribution is -2.09. The number of allylic oxidation sites excluding steroid dienone is 2. The fourth-order valence-corrected chi connectivity index (χ4v) is 1.53. The molecule has 0 N–H and O–H groups in total. The molecule has 1 rings (SSSR count). The van der Waals surface area contributed by atoms with Gasteiger partial charge in [0.05, 0.1) is 7.11 Å². The molecule has 0 amide bonds. The van der Waals surface area contributed by atoms with Gasteiger partial charge >= 0.3 is 5.97 Å². The summed E-state index contributed by atoms with van der Waals surface area (Å²) < 4.78 is 10.4. The summed E-state index contributed by atoms with van der Waals surface area (Å²) in [6, 6.07) is 5.37. The first kappa shape index (κ1) is 14.8. The number of hydrogen-bond donors (Lipinski definition) is 0. The van der Waals surface area contributed by atoms with Crippen LogP contribution in [0.2, 0.25) is 0 Å². The summed E-state index contributed by atoms with van der Waals surface area (Å²) in [4.78, 5) is 12.0. The Morgan fingerprint density at radius 1 is 1.37 bits per heavy atom. The van der Waals surface area contributed by atoms with Gasteiger partial charge in [0, 0.05) is 0 Å². The quantitative estimate of drug-likeness (QED) is 0.579. The molecular weight excluding hydrogens is 240 g/mol. The van der Waals surface area contributed by atoms with Crippen molar-refractivity contribution in [3.8, 4) is 5.75 Å². The van der Waals surface area contributed by atoms with Crippen molar-refractivity contribution < 1.29 is 14.3 Å². The van der Waals surface area contributed by atoms with Gasteiger partial charge in [-0.05, 0) is 24.6 Å². The number of ether oxygens (including phenoxy) is 2. The van der Waals surface area contributed by atoms with E-state index in [9.17, 15) is 4.79 Å². The Morgan fingerprint density at radius 3 is 2.68 bits per heavy atom. The lowest BCUT2D eigenvalue weighted by Gasteiger charge is -2.09. The Morgan fingerprint density at radius 2 is 2.11 bits per heavy atom. The van der Waals surface area contributed by atoms with Crippen LogP contribution >= 0.6 is 0 Å². The largest absolute Gasteiger partial charge is 0.496 e. The number of methoxy groups -OCH3 is 1. The monoisotopic (exact) mass is 258 g/mol. The van der Waals surface area contributed by atoms with Crippen LogP contribution in [0.25, 0.3) is 0 Å². The van der Waals surface area contributed by atoms with E-state index in [0.717, 1.165) is 11.1 Å². The van der Waals surface area contributed by atoms with Gasteiger partial charge in [0.25, 0.3) is 0 Å². The van der Waals surface area contributed by atoms with Crippen molar-refractivity contribution in [3.63, 3.8) is 0 Å². The Bertz CT molecular complexity index is 513. The summed E-state index contributed by atoms with van der Waals surface area (Å²) in [5.74, 6) is 0.0841. The molecule has 0 fully saturated rings. The molecule has 3 nitrogen and oxygen atoms in total. The van der Waals surface area contributed by atoms with Crippen LogP contribution in [0, 0.1) is 6.92 Å². The smallest absolute Gasteiger partial charge is 0.342 e. The van der Waals surface area contributed by atoms with Gasteiger partial charge in [-0.2, -0.15) is 0 Å². The van der Waals surface area contributed by atoms with Gasteiger partial charge in [0.1, 0.15) is 17.9 Å². The highest BCUT2D eigenvalue weighted by Crippen LogP contribution is 2.20. The first-order chi connectivity index (χ1) is 9.12. The van der Waals surface area contributed by atoms with Gasteiger partial charge in [-0.1, -0.05) is 43.0 Å². The Kier molecular flexibility index (Phi) is 5.61. The van der Waals surface area contributed by atoms with Crippen molar-refractivity contribution in [1.82, 2.24) is 0 Å². The highest BCUT2D eigenvalue weighted by Gasteiger charge is 2.14. The molecule has 1 aromatic carbocycles. The van der Waals surface area contributed by atoms with E-state index in [0.29, 0.717) is 11.3 Å². The van der Waals surface area contributed by atoms with Crippen LogP contribution in [0.1, 0.15) is 15.9 Å². The standard InChI is InChI=1S/C16H18O3/c1-5-7-13(6-2)11-19-16(17)14-10-12(3)8-9-15(14)18-4/h5-10H,1-2,11H2,3-4H3/b13-7+. The van der Waals surface area contributed by atoms with Crippen LogP contribution in [-0.4, -0.2) is 19.7 Å². The van der Waals surface area contributed by atoms with Crippen LogP contribution in [0.4, 0.5) is 0 Å². The van der Waals surface area contributed by atoms with Crippen molar-refractivity contribution in [1.29, 1.82) is 0 Å². The lowest BCUT2D eigenvalue weighted by molar-refractivity contribution is 0.0539. The average molecular weight is 258 g/mol. The van der Waals surface area contributed by atoms with E-state index in [4.69, 9.17) is 9.47 Å². The van der Waals surface area contributed by atoms with Gasteiger partial charge < -0.3 is 9.47 Å². The van der Waals surface area contributed by atoms with Gasteiger partial charge in [0.15, 0.2) is 0 Å². The molecule has 0 aliphatic rings. The van der Waals surface area contributed by atoms with E-state index in [1.165, 1.54) is 7.11 Å². The number of benzene rings is 1. The Hall–Kier alpha value is -2.29. The third kappa shape index (κ3) is 4.14. The second kappa shape index (κ2) is 7.21. The van der Waals surface area contributed by atoms with E-state index in [1.54, 1.807) is 30.4 Å². The number of rotatable bonds is 6. The number of esters is 1. The number of hydrogen-bond acceptors (Lipinski definition) is 3. The fourth-order valence-electron chi connectivity index (χ4n) is 1.53. The molecule has 0 bridgehead atoms. The predicted molar refractivity (Wildman–Crippen MR) is 76.5 cm³/mol. The molecule has 0 heterocycles. The molecule has 3 heteroatoms. The molecule has 0 saturated heterocycles. The van der Waals surface area contributed by atoms with E-state index < -0.39 is 5.97 Å². The van der Waals surface area contributed by atoms with Crippen LogP contribution in [0.15, 0.2) is 55.2 Å².